The number of hydrogen-bond donors (Lipinski definition) is 5. The SMILES string of the molecule is CC(=N)NOCCC(NCCCCN)C(=O)O. The van der Waals surface area contributed by atoms with Gasteiger partial charge in [-0.05, 0) is 39.3 Å². The quantitative estimate of drug-likeness (QED) is 0.156. The fourth-order valence-electron chi connectivity index (χ4n) is 1.19. The Kier molecular flexibility index (Phi) is 9.31. The maximum Gasteiger partial charge on any atom is 0.320 e. The van der Waals surface area contributed by atoms with E-state index in [1.165, 1.54) is 0 Å². The van der Waals surface area contributed by atoms with Crippen molar-refractivity contribution in [3.63, 3.8) is 0 Å². The van der Waals surface area contributed by atoms with Crippen LogP contribution in [0.2, 0.25) is 0 Å². The highest BCUT2D eigenvalue weighted by Gasteiger charge is 2.15. The molecule has 6 N–H and O–H groups in total. The predicted molar refractivity (Wildman–Crippen MR) is 64.8 cm³/mol. The van der Waals surface area contributed by atoms with Crippen molar-refractivity contribution in [2.45, 2.75) is 32.2 Å². The Morgan fingerprint density at radius 2 is 2.24 bits per heavy atom. The highest BCUT2D eigenvalue weighted by molar-refractivity contribution is 5.74. The van der Waals surface area contributed by atoms with Crippen LogP contribution in [0, 0.1) is 5.41 Å². The number of hydroxylamine groups is 1. The fraction of sp³-hybridized carbons (Fsp3) is 0.800. The summed E-state index contributed by atoms with van der Waals surface area (Å²) in [5.41, 5.74) is 7.70. The van der Waals surface area contributed by atoms with E-state index in [0.29, 0.717) is 19.5 Å². The first-order chi connectivity index (χ1) is 8.07. The van der Waals surface area contributed by atoms with Gasteiger partial charge in [-0.15, -0.1) is 0 Å². The zero-order valence-electron chi connectivity index (χ0n) is 10.2. The molecule has 1 unspecified atom stereocenters. The van der Waals surface area contributed by atoms with Crippen molar-refractivity contribution in [3.8, 4) is 0 Å². The largest absolute Gasteiger partial charge is 0.480 e. The summed E-state index contributed by atoms with van der Waals surface area (Å²) in [6, 6.07) is -0.624. The van der Waals surface area contributed by atoms with Crippen molar-refractivity contribution in [1.29, 1.82) is 5.41 Å². The number of hydrogen-bond acceptors (Lipinski definition) is 5. The molecule has 0 aromatic carbocycles. The summed E-state index contributed by atoms with van der Waals surface area (Å²) < 4.78 is 0. The standard InChI is InChI=1S/C10H22N4O3/c1-8(12)14-17-7-4-9(10(15)16)13-6-3-2-5-11/h9,13H,2-7,11H2,1H3,(H2,12,14)(H,15,16). The first-order valence-corrected chi connectivity index (χ1v) is 5.67. The average Bonchev–Trinajstić information content (AvgIpc) is 2.26. The van der Waals surface area contributed by atoms with Gasteiger partial charge in [0.25, 0.3) is 0 Å². The molecule has 100 valence electrons. The highest BCUT2D eigenvalue weighted by Crippen LogP contribution is 1.94. The van der Waals surface area contributed by atoms with Gasteiger partial charge in [0.1, 0.15) is 11.9 Å². The Labute approximate surface area is 101 Å². The number of rotatable bonds is 10. The van der Waals surface area contributed by atoms with Crippen LogP contribution in [0.5, 0.6) is 0 Å². The lowest BCUT2D eigenvalue weighted by Gasteiger charge is -2.14. The number of unbranched alkanes of at least 4 members (excludes halogenated alkanes) is 1. The van der Waals surface area contributed by atoms with Gasteiger partial charge in [-0.2, -0.15) is 0 Å². The number of carboxylic acids is 1. The summed E-state index contributed by atoms with van der Waals surface area (Å²) in [6.45, 7) is 3.02. The molecule has 0 saturated carbocycles. The lowest BCUT2D eigenvalue weighted by atomic mass is 10.2. The number of aliphatic carboxylic acids is 1. The minimum absolute atomic E-state index is 0.188. The van der Waals surface area contributed by atoms with E-state index in [9.17, 15) is 4.79 Å². The fourth-order valence-corrected chi connectivity index (χ4v) is 1.19. The van der Waals surface area contributed by atoms with Crippen molar-refractivity contribution >= 4 is 11.8 Å². The molecule has 17 heavy (non-hydrogen) atoms. The first kappa shape index (κ1) is 15.8. The van der Waals surface area contributed by atoms with Gasteiger partial charge in [-0.1, -0.05) is 0 Å². The number of nitrogens with two attached hydrogens (primary N) is 1. The van der Waals surface area contributed by atoms with Crippen molar-refractivity contribution in [1.82, 2.24) is 10.8 Å². The normalized spacial score (nSPS) is 12.1. The lowest BCUT2D eigenvalue weighted by Crippen LogP contribution is -2.39. The monoisotopic (exact) mass is 246 g/mol. The van der Waals surface area contributed by atoms with Crippen molar-refractivity contribution in [2.75, 3.05) is 19.7 Å². The maximum absolute atomic E-state index is 10.9. The zero-order chi connectivity index (χ0) is 13.1. The van der Waals surface area contributed by atoms with E-state index in [2.05, 4.69) is 10.8 Å². The van der Waals surface area contributed by atoms with Crippen LogP contribution >= 0.6 is 0 Å². The third-order valence-corrected chi connectivity index (χ3v) is 2.05. The first-order valence-electron chi connectivity index (χ1n) is 5.67. The van der Waals surface area contributed by atoms with Gasteiger partial charge < -0.3 is 16.2 Å². The molecule has 0 aliphatic rings. The topological polar surface area (TPSA) is 120 Å². The summed E-state index contributed by atoms with van der Waals surface area (Å²) in [4.78, 5) is 15.8. The molecule has 7 nitrogen and oxygen atoms in total. The highest BCUT2D eigenvalue weighted by atomic mass is 16.6. The molecule has 0 saturated heterocycles. The van der Waals surface area contributed by atoms with Crippen LogP contribution in [-0.4, -0.2) is 42.6 Å². The Balaban J connectivity index is 3.67. The Morgan fingerprint density at radius 1 is 1.53 bits per heavy atom. The minimum atomic E-state index is -0.895. The third-order valence-electron chi connectivity index (χ3n) is 2.05. The van der Waals surface area contributed by atoms with E-state index in [1.54, 1.807) is 6.92 Å². The van der Waals surface area contributed by atoms with Crippen LogP contribution in [0.1, 0.15) is 26.2 Å². The summed E-state index contributed by atoms with van der Waals surface area (Å²) >= 11 is 0. The molecule has 0 amide bonds. The summed E-state index contributed by atoms with van der Waals surface area (Å²) in [5.74, 6) is -0.708. The maximum atomic E-state index is 10.9. The Bertz CT molecular complexity index is 236. The van der Waals surface area contributed by atoms with E-state index < -0.39 is 12.0 Å². The number of carbonyl (C=O) groups is 1. The zero-order valence-corrected chi connectivity index (χ0v) is 10.2. The second-order valence-corrected chi connectivity index (χ2v) is 3.70. The van der Waals surface area contributed by atoms with Crippen LogP contribution in [0.3, 0.4) is 0 Å². The van der Waals surface area contributed by atoms with Crippen LogP contribution < -0.4 is 16.5 Å². The Morgan fingerprint density at radius 3 is 2.76 bits per heavy atom. The van der Waals surface area contributed by atoms with Crippen LogP contribution in [0.15, 0.2) is 0 Å². The molecule has 0 fully saturated rings. The molecule has 0 heterocycles. The molecular formula is C10H22N4O3. The predicted octanol–water partition coefficient (Wildman–Crippen LogP) is -0.323. The molecule has 0 aliphatic heterocycles. The summed E-state index contributed by atoms with van der Waals surface area (Å²) in [5, 5.41) is 18.9. The summed E-state index contributed by atoms with van der Waals surface area (Å²) in [6.07, 6.45) is 2.08. The van der Waals surface area contributed by atoms with E-state index in [0.717, 1.165) is 12.8 Å². The molecule has 0 bridgehead atoms. The minimum Gasteiger partial charge on any atom is -0.480 e. The summed E-state index contributed by atoms with van der Waals surface area (Å²) in [7, 11) is 0. The second kappa shape index (κ2) is 10.0. The molecular weight excluding hydrogens is 224 g/mol. The lowest BCUT2D eigenvalue weighted by molar-refractivity contribution is -0.140. The van der Waals surface area contributed by atoms with E-state index in [-0.39, 0.29) is 12.4 Å². The van der Waals surface area contributed by atoms with Gasteiger partial charge in [0, 0.05) is 0 Å². The van der Waals surface area contributed by atoms with Crippen LogP contribution in [-0.2, 0) is 9.63 Å². The van der Waals surface area contributed by atoms with E-state index >= 15 is 0 Å². The molecule has 0 spiro atoms. The number of amidine groups is 1. The van der Waals surface area contributed by atoms with Gasteiger partial charge in [0.2, 0.25) is 0 Å². The molecule has 7 heteroatoms. The number of nitrogens with one attached hydrogen (secondary N) is 3. The van der Waals surface area contributed by atoms with E-state index in [4.69, 9.17) is 21.1 Å². The van der Waals surface area contributed by atoms with Gasteiger partial charge in [-0.3, -0.25) is 20.5 Å². The van der Waals surface area contributed by atoms with Gasteiger partial charge in [0.15, 0.2) is 0 Å². The molecule has 0 aromatic rings. The molecule has 0 radical (unpaired) electrons. The van der Waals surface area contributed by atoms with Gasteiger partial charge in [0.05, 0.1) is 6.61 Å². The molecule has 1 atom stereocenters. The van der Waals surface area contributed by atoms with Crippen LogP contribution in [0.25, 0.3) is 0 Å². The Hall–Kier alpha value is -1.18. The van der Waals surface area contributed by atoms with Gasteiger partial charge >= 0.3 is 5.97 Å². The molecule has 0 rings (SSSR count). The van der Waals surface area contributed by atoms with Gasteiger partial charge in [-0.25, -0.2) is 0 Å². The smallest absolute Gasteiger partial charge is 0.320 e. The van der Waals surface area contributed by atoms with Crippen molar-refractivity contribution in [3.05, 3.63) is 0 Å². The molecule has 0 aromatic heterocycles. The third kappa shape index (κ3) is 9.73. The average molecular weight is 246 g/mol. The van der Waals surface area contributed by atoms with Crippen molar-refractivity contribution < 1.29 is 14.7 Å². The van der Waals surface area contributed by atoms with Crippen molar-refractivity contribution in [2.24, 2.45) is 5.73 Å². The second-order valence-electron chi connectivity index (χ2n) is 3.70. The van der Waals surface area contributed by atoms with Crippen LogP contribution in [0.4, 0.5) is 0 Å². The molecule has 0 aliphatic carbocycles. The van der Waals surface area contributed by atoms with E-state index in [1.807, 2.05) is 0 Å². The number of carboxylic acid groups (broad SMARTS) is 1.